The second kappa shape index (κ2) is 14.5. The molecular weight excluding hydrogens is 440 g/mol. The molecule has 0 aliphatic heterocycles. The zero-order valence-corrected chi connectivity index (χ0v) is 19.3. The van der Waals surface area contributed by atoms with Crippen LogP contribution in [0.1, 0.15) is 37.8 Å². The van der Waals surface area contributed by atoms with Gasteiger partial charge in [0, 0.05) is 12.2 Å². The fourth-order valence-corrected chi connectivity index (χ4v) is 2.68. The van der Waals surface area contributed by atoms with Gasteiger partial charge in [0.05, 0.1) is 13.2 Å². The number of carbonyl (C=O) groups excluding carboxylic acids is 2. The molecule has 2 N–H and O–H groups in total. The van der Waals surface area contributed by atoms with Gasteiger partial charge in [0.25, 0.3) is 0 Å². The molecule has 0 amide bonds. The van der Waals surface area contributed by atoms with Crippen molar-refractivity contribution in [1.29, 1.82) is 0 Å². The van der Waals surface area contributed by atoms with Crippen molar-refractivity contribution in [3.8, 4) is 11.5 Å². The van der Waals surface area contributed by atoms with Gasteiger partial charge in [0.1, 0.15) is 11.5 Å². The quantitative estimate of drug-likeness (QED) is 0.197. The van der Waals surface area contributed by atoms with Crippen LogP contribution in [0.5, 0.6) is 11.5 Å². The van der Waals surface area contributed by atoms with E-state index in [1.807, 2.05) is 0 Å². The van der Waals surface area contributed by atoms with Gasteiger partial charge in [-0.05, 0) is 74.2 Å². The van der Waals surface area contributed by atoms with E-state index < -0.39 is 24.5 Å². The molecule has 0 heterocycles. The molecule has 8 heteroatoms. The van der Waals surface area contributed by atoms with Crippen LogP contribution in [0.3, 0.4) is 0 Å². The first-order valence-electron chi connectivity index (χ1n) is 10.9. The van der Waals surface area contributed by atoms with E-state index in [9.17, 15) is 19.8 Å². The first kappa shape index (κ1) is 26.6. The Bertz CT molecular complexity index is 864. The molecule has 0 saturated carbocycles. The van der Waals surface area contributed by atoms with Gasteiger partial charge in [-0.1, -0.05) is 24.3 Å². The Hall–Kier alpha value is -3.62. The maximum atomic E-state index is 11.8. The molecule has 8 nitrogen and oxygen atoms in total. The number of aliphatic hydroxyl groups is 2. The molecule has 0 spiro atoms. The first-order chi connectivity index (χ1) is 16.3. The first-order valence-corrected chi connectivity index (χ1v) is 10.9. The second-order valence-electron chi connectivity index (χ2n) is 7.28. The fraction of sp³-hybridized carbons (Fsp3) is 0.308. The maximum Gasteiger partial charge on any atom is 0.330 e. The summed E-state index contributed by atoms with van der Waals surface area (Å²) in [4.78, 5) is 23.6. The lowest BCUT2D eigenvalue weighted by Gasteiger charge is -2.08. The zero-order valence-electron chi connectivity index (χ0n) is 19.3. The molecule has 182 valence electrons. The fourth-order valence-electron chi connectivity index (χ4n) is 2.68. The van der Waals surface area contributed by atoms with Crippen molar-refractivity contribution >= 4 is 24.1 Å². The normalized spacial score (nSPS) is 12.9. The van der Waals surface area contributed by atoms with Gasteiger partial charge in [-0.2, -0.15) is 0 Å². The molecule has 0 aliphatic rings. The molecule has 2 rings (SSSR count). The molecule has 0 fully saturated rings. The number of ether oxygens (including phenoxy) is 4. The maximum absolute atomic E-state index is 11.8. The number of carbonyl (C=O) groups is 2. The summed E-state index contributed by atoms with van der Waals surface area (Å²) in [7, 11) is 0. The minimum Gasteiger partial charge on any atom is -0.465 e. The molecule has 2 unspecified atom stereocenters. The molecule has 0 aliphatic carbocycles. The number of esters is 2. The van der Waals surface area contributed by atoms with Crippen molar-refractivity contribution in [3.05, 3.63) is 71.8 Å². The van der Waals surface area contributed by atoms with Crippen molar-refractivity contribution in [2.24, 2.45) is 0 Å². The highest BCUT2D eigenvalue weighted by Crippen LogP contribution is 2.15. The van der Waals surface area contributed by atoms with Gasteiger partial charge >= 0.3 is 11.9 Å². The van der Waals surface area contributed by atoms with E-state index >= 15 is 0 Å². The SMILES string of the molecule is CC(O)Oc1ccc(/C=C/C(=O)OCCCCOC(=O)/C=C/c2ccc(OC(C)O)cc2)cc1. The standard InChI is InChI=1S/C26H30O8/c1-19(27)33-23-11-5-21(6-12-23)9-15-25(29)31-17-3-4-18-32-26(30)16-10-22-7-13-24(14-8-22)34-20(2)28/h5-16,19-20,27-28H,3-4,17-18H2,1-2H3/b15-9+,16-10+. The minimum absolute atomic E-state index is 0.221. The smallest absolute Gasteiger partial charge is 0.330 e. The summed E-state index contributed by atoms with van der Waals surface area (Å²) in [6, 6.07) is 13.8. The highest BCUT2D eigenvalue weighted by atomic mass is 16.6. The summed E-state index contributed by atoms with van der Waals surface area (Å²) in [5, 5.41) is 18.4. The Labute approximate surface area is 199 Å². The average molecular weight is 471 g/mol. The van der Waals surface area contributed by atoms with Crippen LogP contribution >= 0.6 is 0 Å². The third-order valence-electron chi connectivity index (χ3n) is 4.22. The molecule has 34 heavy (non-hydrogen) atoms. The van der Waals surface area contributed by atoms with E-state index in [-0.39, 0.29) is 13.2 Å². The minimum atomic E-state index is -0.891. The third kappa shape index (κ3) is 11.3. The van der Waals surface area contributed by atoms with Crippen LogP contribution < -0.4 is 9.47 Å². The largest absolute Gasteiger partial charge is 0.465 e. The van der Waals surface area contributed by atoms with Crippen LogP contribution in [0, 0.1) is 0 Å². The predicted molar refractivity (Wildman–Crippen MR) is 127 cm³/mol. The lowest BCUT2D eigenvalue weighted by atomic mass is 10.2. The van der Waals surface area contributed by atoms with Crippen LogP contribution in [-0.2, 0) is 19.1 Å². The van der Waals surface area contributed by atoms with Gasteiger partial charge in [-0.15, -0.1) is 0 Å². The van der Waals surface area contributed by atoms with Crippen molar-refractivity contribution in [3.63, 3.8) is 0 Å². The Morgan fingerprint density at radius 1 is 0.706 bits per heavy atom. The van der Waals surface area contributed by atoms with Crippen LogP contribution in [-0.4, -0.2) is 47.9 Å². The molecule has 0 radical (unpaired) electrons. The molecule has 2 atom stereocenters. The van der Waals surface area contributed by atoms with Crippen molar-refractivity contribution in [2.45, 2.75) is 39.3 Å². The van der Waals surface area contributed by atoms with E-state index in [2.05, 4.69) is 0 Å². The third-order valence-corrected chi connectivity index (χ3v) is 4.22. The molecule has 0 aromatic heterocycles. The number of unbranched alkanes of at least 4 members (excludes halogenated alkanes) is 1. The van der Waals surface area contributed by atoms with Crippen molar-refractivity contribution < 1.29 is 38.7 Å². The monoisotopic (exact) mass is 470 g/mol. The molecule has 2 aromatic rings. The molecule has 2 aromatic carbocycles. The van der Waals surface area contributed by atoms with E-state index in [0.717, 1.165) is 11.1 Å². The van der Waals surface area contributed by atoms with Gasteiger partial charge in [-0.25, -0.2) is 9.59 Å². The van der Waals surface area contributed by atoms with E-state index in [1.54, 1.807) is 60.7 Å². The summed E-state index contributed by atoms with van der Waals surface area (Å²) < 4.78 is 20.5. The van der Waals surface area contributed by atoms with Crippen LogP contribution in [0.25, 0.3) is 12.2 Å². The number of benzene rings is 2. The van der Waals surface area contributed by atoms with Crippen molar-refractivity contribution in [2.75, 3.05) is 13.2 Å². The Morgan fingerprint density at radius 2 is 1.06 bits per heavy atom. The summed E-state index contributed by atoms with van der Waals surface area (Å²) in [6.07, 6.45) is 5.25. The van der Waals surface area contributed by atoms with Gasteiger partial charge in [-0.3, -0.25) is 0 Å². The Kier molecular flexibility index (Phi) is 11.4. The average Bonchev–Trinajstić information content (AvgIpc) is 2.79. The number of hydrogen-bond acceptors (Lipinski definition) is 8. The van der Waals surface area contributed by atoms with Crippen molar-refractivity contribution in [1.82, 2.24) is 0 Å². The number of rotatable bonds is 13. The summed E-state index contributed by atoms with van der Waals surface area (Å²) in [6.45, 7) is 3.48. The summed E-state index contributed by atoms with van der Waals surface area (Å²) in [5.74, 6) is 0.135. The van der Waals surface area contributed by atoms with Gasteiger partial charge in [0.15, 0.2) is 12.6 Å². The highest BCUT2D eigenvalue weighted by Gasteiger charge is 2.02. The lowest BCUT2D eigenvalue weighted by Crippen LogP contribution is -2.09. The highest BCUT2D eigenvalue weighted by molar-refractivity contribution is 5.87. The summed E-state index contributed by atoms with van der Waals surface area (Å²) in [5.41, 5.74) is 1.58. The predicted octanol–water partition coefficient (Wildman–Crippen LogP) is 3.71. The van der Waals surface area contributed by atoms with Gasteiger partial charge < -0.3 is 29.2 Å². The van der Waals surface area contributed by atoms with E-state index in [0.29, 0.717) is 24.3 Å². The number of aliphatic hydroxyl groups excluding tert-OH is 2. The van der Waals surface area contributed by atoms with Crippen LogP contribution in [0.4, 0.5) is 0 Å². The molecular formula is C26H30O8. The molecule has 0 saturated heterocycles. The van der Waals surface area contributed by atoms with E-state index in [4.69, 9.17) is 18.9 Å². The zero-order chi connectivity index (χ0) is 24.8. The van der Waals surface area contributed by atoms with Gasteiger partial charge in [0.2, 0.25) is 0 Å². The Morgan fingerprint density at radius 3 is 1.38 bits per heavy atom. The second-order valence-corrected chi connectivity index (χ2v) is 7.28. The van der Waals surface area contributed by atoms with Crippen LogP contribution in [0.15, 0.2) is 60.7 Å². The molecule has 0 bridgehead atoms. The summed E-state index contributed by atoms with van der Waals surface area (Å²) >= 11 is 0. The van der Waals surface area contributed by atoms with Crippen LogP contribution in [0.2, 0.25) is 0 Å². The lowest BCUT2D eigenvalue weighted by molar-refractivity contribution is -0.140. The van der Waals surface area contributed by atoms with E-state index in [1.165, 1.54) is 26.0 Å². The topological polar surface area (TPSA) is 112 Å². The number of hydrogen-bond donors (Lipinski definition) is 2. The Balaban J connectivity index is 1.58.